The van der Waals surface area contributed by atoms with E-state index in [0.717, 1.165) is 22.1 Å². The Morgan fingerprint density at radius 3 is 2.60 bits per heavy atom. The molecule has 0 aliphatic rings. The Bertz CT molecular complexity index is 552. The maximum atomic E-state index is 8.83. The number of fused-ring (bicyclic) bond motifs is 1. The van der Waals surface area contributed by atoms with Gasteiger partial charge in [-0.1, -0.05) is 12.1 Å². The van der Waals surface area contributed by atoms with E-state index in [1.54, 1.807) is 7.11 Å². The third-order valence-electron chi connectivity index (χ3n) is 2.59. The van der Waals surface area contributed by atoms with Crippen molar-refractivity contribution in [2.75, 3.05) is 7.11 Å². The highest BCUT2D eigenvalue weighted by Gasteiger charge is 2.04. The summed E-state index contributed by atoms with van der Waals surface area (Å²) >= 11 is 0. The highest BCUT2D eigenvalue weighted by Crippen LogP contribution is 2.27. The maximum absolute atomic E-state index is 8.83. The first-order valence-corrected chi connectivity index (χ1v) is 4.73. The topological polar surface area (TPSA) is 33.0 Å². The molecular formula is C13H11NO. The Morgan fingerprint density at radius 2 is 1.93 bits per heavy atom. The van der Waals surface area contributed by atoms with Crippen LogP contribution in [0.4, 0.5) is 0 Å². The molecule has 2 heteroatoms. The minimum Gasteiger partial charge on any atom is -0.496 e. The Hall–Kier alpha value is -2.01. The fourth-order valence-electron chi connectivity index (χ4n) is 1.74. The predicted octanol–water partition coefficient (Wildman–Crippen LogP) is 3.03. The first-order chi connectivity index (χ1) is 7.26. The fourth-order valence-corrected chi connectivity index (χ4v) is 1.74. The average Bonchev–Trinajstić information content (AvgIpc) is 2.29. The molecule has 15 heavy (non-hydrogen) atoms. The van der Waals surface area contributed by atoms with Crippen LogP contribution in [0, 0.1) is 18.3 Å². The number of hydrogen-bond donors (Lipinski definition) is 0. The molecule has 0 fully saturated rings. The van der Waals surface area contributed by atoms with Gasteiger partial charge in [-0.3, -0.25) is 0 Å². The van der Waals surface area contributed by atoms with Crippen molar-refractivity contribution in [2.24, 2.45) is 0 Å². The zero-order valence-electron chi connectivity index (χ0n) is 8.74. The van der Waals surface area contributed by atoms with E-state index in [1.807, 2.05) is 37.3 Å². The number of ether oxygens (including phenoxy) is 1. The van der Waals surface area contributed by atoms with Crippen molar-refractivity contribution in [3.05, 3.63) is 41.5 Å². The molecule has 2 aromatic carbocycles. The molecule has 0 unspecified atom stereocenters. The van der Waals surface area contributed by atoms with Gasteiger partial charge in [0.25, 0.3) is 0 Å². The van der Waals surface area contributed by atoms with Crippen LogP contribution in [0.5, 0.6) is 5.75 Å². The van der Waals surface area contributed by atoms with E-state index in [1.165, 1.54) is 0 Å². The number of methoxy groups -OCH3 is 1. The van der Waals surface area contributed by atoms with Gasteiger partial charge in [-0.05, 0) is 41.5 Å². The molecule has 0 heterocycles. The van der Waals surface area contributed by atoms with Gasteiger partial charge in [-0.2, -0.15) is 5.26 Å². The zero-order valence-corrected chi connectivity index (χ0v) is 8.74. The van der Waals surface area contributed by atoms with Crippen molar-refractivity contribution in [3.63, 3.8) is 0 Å². The second-order valence-corrected chi connectivity index (χ2v) is 3.44. The first-order valence-electron chi connectivity index (χ1n) is 4.73. The summed E-state index contributed by atoms with van der Waals surface area (Å²) in [6, 6.07) is 11.8. The van der Waals surface area contributed by atoms with Crippen LogP contribution in [0.3, 0.4) is 0 Å². The predicted molar refractivity (Wildman–Crippen MR) is 60.0 cm³/mol. The van der Waals surface area contributed by atoms with Crippen molar-refractivity contribution >= 4 is 10.8 Å². The van der Waals surface area contributed by atoms with Crippen molar-refractivity contribution in [1.82, 2.24) is 0 Å². The van der Waals surface area contributed by atoms with Gasteiger partial charge in [-0.25, -0.2) is 0 Å². The number of rotatable bonds is 1. The number of hydrogen-bond acceptors (Lipinski definition) is 2. The monoisotopic (exact) mass is 197 g/mol. The van der Waals surface area contributed by atoms with Crippen molar-refractivity contribution in [3.8, 4) is 11.8 Å². The Kier molecular flexibility index (Phi) is 2.31. The van der Waals surface area contributed by atoms with E-state index in [4.69, 9.17) is 10.00 Å². The minimum atomic E-state index is 0.679. The summed E-state index contributed by atoms with van der Waals surface area (Å²) in [5, 5.41) is 11.0. The number of aryl methyl sites for hydroxylation is 1. The molecule has 0 saturated heterocycles. The molecule has 2 aromatic rings. The van der Waals surface area contributed by atoms with E-state index in [9.17, 15) is 0 Å². The van der Waals surface area contributed by atoms with Crippen molar-refractivity contribution < 1.29 is 4.74 Å². The normalized spacial score (nSPS) is 9.93. The Labute approximate surface area is 88.7 Å². The molecule has 0 atom stereocenters. The maximum Gasteiger partial charge on any atom is 0.122 e. The van der Waals surface area contributed by atoms with Crippen LogP contribution in [-0.4, -0.2) is 7.11 Å². The van der Waals surface area contributed by atoms with Gasteiger partial charge in [0.15, 0.2) is 0 Å². The standard InChI is InChI=1S/C13H11NO/c1-9-12-7-10(8-14)3-4-11(12)5-6-13(9)15-2/h3-7H,1-2H3. The lowest BCUT2D eigenvalue weighted by atomic mass is 10.0. The fraction of sp³-hybridized carbons (Fsp3) is 0.154. The lowest BCUT2D eigenvalue weighted by Crippen LogP contribution is -1.88. The molecule has 2 nitrogen and oxygen atoms in total. The number of benzene rings is 2. The Morgan fingerprint density at radius 1 is 1.20 bits per heavy atom. The van der Waals surface area contributed by atoms with Gasteiger partial charge >= 0.3 is 0 Å². The van der Waals surface area contributed by atoms with Crippen LogP contribution < -0.4 is 4.74 Å². The van der Waals surface area contributed by atoms with Crippen LogP contribution in [0.1, 0.15) is 11.1 Å². The quantitative estimate of drug-likeness (QED) is 0.704. The molecule has 0 amide bonds. The lowest BCUT2D eigenvalue weighted by Gasteiger charge is -2.07. The zero-order chi connectivity index (χ0) is 10.8. The van der Waals surface area contributed by atoms with Gasteiger partial charge in [-0.15, -0.1) is 0 Å². The Balaban J connectivity index is 2.79. The third kappa shape index (κ3) is 1.53. The second kappa shape index (κ2) is 3.62. The van der Waals surface area contributed by atoms with Gasteiger partial charge < -0.3 is 4.74 Å². The summed E-state index contributed by atoms with van der Waals surface area (Å²) < 4.78 is 5.24. The van der Waals surface area contributed by atoms with E-state index in [-0.39, 0.29) is 0 Å². The van der Waals surface area contributed by atoms with Crippen LogP contribution in [0.25, 0.3) is 10.8 Å². The summed E-state index contributed by atoms with van der Waals surface area (Å²) in [7, 11) is 1.66. The molecule has 0 saturated carbocycles. The average molecular weight is 197 g/mol. The summed E-state index contributed by atoms with van der Waals surface area (Å²) in [4.78, 5) is 0. The number of nitriles is 1. The van der Waals surface area contributed by atoms with E-state index >= 15 is 0 Å². The van der Waals surface area contributed by atoms with Crippen molar-refractivity contribution in [1.29, 1.82) is 5.26 Å². The van der Waals surface area contributed by atoms with E-state index in [2.05, 4.69) is 6.07 Å². The minimum absolute atomic E-state index is 0.679. The van der Waals surface area contributed by atoms with E-state index < -0.39 is 0 Å². The molecular weight excluding hydrogens is 186 g/mol. The van der Waals surface area contributed by atoms with Gasteiger partial charge in [0.2, 0.25) is 0 Å². The molecule has 0 radical (unpaired) electrons. The van der Waals surface area contributed by atoms with Crippen LogP contribution in [0.2, 0.25) is 0 Å². The highest BCUT2D eigenvalue weighted by atomic mass is 16.5. The van der Waals surface area contributed by atoms with Crippen LogP contribution in [-0.2, 0) is 0 Å². The SMILES string of the molecule is COc1ccc2ccc(C#N)cc2c1C. The summed E-state index contributed by atoms with van der Waals surface area (Å²) in [6.07, 6.45) is 0. The molecule has 0 aliphatic carbocycles. The summed E-state index contributed by atoms with van der Waals surface area (Å²) in [5.41, 5.74) is 1.76. The van der Waals surface area contributed by atoms with Gasteiger partial charge in [0, 0.05) is 0 Å². The molecule has 2 rings (SSSR count). The van der Waals surface area contributed by atoms with Gasteiger partial charge in [0.1, 0.15) is 5.75 Å². The van der Waals surface area contributed by atoms with E-state index in [0.29, 0.717) is 5.56 Å². The molecule has 0 aliphatic heterocycles. The molecule has 0 aromatic heterocycles. The van der Waals surface area contributed by atoms with Crippen LogP contribution in [0.15, 0.2) is 30.3 Å². The van der Waals surface area contributed by atoms with Gasteiger partial charge in [0.05, 0.1) is 18.7 Å². The summed E-state index contributed by atoms with van der Waals surface area (Å²) in [6.45, 7) is 2.00. The molecule has 0 bridgehead atoms. The summed E-state index contributed by atoms with van der Waals surface area (Å²) in [5.74, 6) is 0.859. The third-order valence-corrected chi connectivity index (χ3v) is 2.59. The smallest absolute Gasteiger partial charge is 0.122 e. The van der Waals surface area contributed by atoms with Crippen molar-refractivity contribution in [2.45, 2.75) is 6.92 Å². The second-order valence-electron chi connectivity index (χ2n) is 3.44. The number of nitrogens with zero attached hydrogens (tertiary/aromatic N) is 1. The van der Waals surface area contributed by atoms with Crippen LogP contribution >= 0.6 is 0 Å². The largest absolute Gasteiger partial charge is 0.496 e. The highest BCUT2D eigenvalue weighted by molar-refractivity contribution is 5.88. The lowest BCUT2D eigenvalue weighted by molar-refractivity contribution is 0.412. The molecule has 74 valence electrons. The first kappa shape index (κ1) is 9.54. The molecule has 0 spiro atoms. The molecule has 0 N–H and O–H groups in total.